The summed E-state index contributed by atoms with van der Waals surface area (Å²) in [6.07, 6.45) is 0. The Morgan fingerprint density at radius 2 is 2.38 bits per heavy atom. The van der Waals surface area contributed by atoms with Crippen LogP contribution in [0.25, 0.3) is 0 Å². The Morgan fingerprint density at radius 1 is 1.69 bits per heavy atom. The average molecular weight is 200 g/mol. The summed E-state index contributed by atoms with van der Waals surface area (Å²) in [6.45, 7) is 3.93. The van der Waals surface area contributed by atoms with Crippen molar-refractivity contribution in [3.05, 3.63) is 23.7 Å². The Kier molecular flexibility index (Phi) is 3.42. The number of thiol groups is 1. The predicted molar refractivity (Wildman–Crippen MR) is 51.8 cm³/mol. The summed E-state index contributed by atoms with van der Waals surface area (Å²) < 4.78 is 10.0. The highest BCUT2D eigenvalue weighted by Crippen LogP contribution is 2.23. The number of furan rings is 1. The van der Waals surface area contributed by atoms with Crippen LogP contribution in [0.5, 0.6) is 0 Å². The van der Waals surface area contributed by atoms with Crippen LogP contribution in [-0.4, -0.2) is 12.6 Å². The van der Waals surface area contributed by atoms with Gasteiger partial charge in [0, 0.05) is 0 Å². The van der Waals surface area contributed by atoms with E-state index in [1.54, 1.807) is 19.1 Å². The van der Waals surface area contributed by atoms with Gasteiger partial charge >= 0.3 is 5.97 Å². The van der Waals surface area contributed by atoms with Crippen molar-refractivity contribution in [3.8, 4) is 0 Å². The van der Waals surface area contributed by atoms with Crippen molar-refractivity contribution in [1.82, 2.24) is 0 Å². The van der Waals surface area contributed by atoms with E-state index in [0.717, 1.165) is 5.76 Å². The topological polar surface area (TPSA) is 39.4 Å². The number of carbonyl (C=O) groups excluding carboxylic acids is 1. The van der Waals surface area contributed by atoms with E-state index < -0.39 is 5.25 Å². The van der Waals surface area contributed by atoms with Gasteiger partial charge in [0.2, 0.25) is 0 Å². The molecule has 0 aliphatic heterocycles. The SMILES string of the molecule is CCOC(=O)C(S)c1ccc(C)o1. The van der Waals surface area contributed by atoms with E-state index in [1.807, 2.05) is 6.92 Å². The normalized spacial score (nSPS) is 12.5. The van der Waals surface area contributed by atoms with Gasteiger partial charge in [-0.2, -0.15) is 12.6 Å². The molecule has 1 aromatic rings. The Bertz CT molecular complexity index is 293. The highest BCUT2D eigenvalue weighted by Gasteiger charge is 2.20. The van der Waals surface area contributed by atoms with Crippen molar-refractivity contribution in [2.75, 3.05) is 6.61 Å². The number of esters is 1. The number of ether oxygens (including phenoxy) is 1. The molecule has 1 unspecified atom stereocenters. The summed E-state index contributed by atoms with van der Waals surface area (Å²) in [6, 6.07) is 3.52. The molecule has 1 aromatic heterocycles. The summed E-state index contributed by atoms with van der Waals surface area (Å²) in [5.74, 6) is 0.915. The van der Waals surface area contributed by atoms with Crippen molar-refractivity contribution in [2.45, 2.75) is 19.1 Å². The highest BCUT2D eigenvalue weighted by molar-refractivity contribution is 7.81. The molecule has 1 atom stereocenters. The maximum atomic E-state index is 11.2. The first-order valence-corrected chi connectivity index (χ1v) is 4.57. The highest BCUT2D eigenvalue weighted by atomic mass is 32.1. The van der Waals surface area contributed by atoms with Gasteiger partial charge in [-0.25, -0.2) is 0 Å². The summed E-state index contributed by atoms with van der Waals surface area (Å²) >= 11 is 4.09. The van der Waals surface area contributed by atoms with Crippen molar-refractivity contribution in [1.29, 1.82) is 0 Å². The van der Waals surface area contributed by atoms with Gasteiger partial charge in [-0.05, 0) is 26.0 Å². The van der Waals surface area contributed by atoms with Crippen molar-refractivity contribution in [2.24, 2.45) is 0 Å². The zero-order valence-corrected chi connectivity index (χ0v) is 8.51. The molecule has 0 aliphatic carbocycles. The molecule has 0 N–H and O–H groups in total. The Hall–Kier alpha value is -0.900. The second kappa shape index (κ2) is 4.37. The molecule has 0 bridgehead atoms. The molecule has 0 saturated carbocycles. The first-order chi connectivity index (χ1) is 6.15. The maximum Gasteiger partial charge on any atom is 0.326 e. The van der Waals surface area contributed by atoms with Crippen LogP contribution in [0.1, 0.15) is 23.7 Å². The Labute approximate surface area is 82.5 Å². The molecule has 0 radical (unpaired) electrons. The largest absolute Gasteiger partial charge is 0.465 e. The Balaban J connectivity index is 2.67. The fourth-order valence-electron chi connectivity index (χ4n) is 0.938. The van der Waals surface area contributed by atoms with Crippen LogP contribution in [0.3, 0.4) is 0 Å². The van der Waals surface area contributed by atoms with E-state index in [1.165, 1.54) is 0 Å². The van der Waals surface area contributed by atoms with Crippen LogP contribution >= 0.6 is 12.6 Å². The lowest BCUT2D eigenvalue weighted by molar-refractivity contribution is -0.142. The molecule has 1 rings (SSSR count). The van der Waals surface area contributed by atoms with Crippen LogP contribution < -0.4 is 0 Å². The van der Waals surface area contributed by atoms with Crippen molar-refractivity contribution >= 4 is 18.6 Å². The molecule has 0 spiro atoms. The van der Waals surface area contributed by atoms with Gasteiger partial charge < -0.3 is 9.15 Å². The third-order valence-electron chi connectivity index (χ3n) is 1.54. The molecular formula is C9H12O3S. The van der Waals surface area contributed by atoms with Crippen LogP contribution in [0, 0.1) is 6.92 Å². The first kappa shape index (κ1) is 10.2. The number of hydrogen-bond donors (Lipinski definition) is 1. The van der Waals surface area contributed by atoms with Gasteiger partial charge in [-0.15, -0.1) is 0 Å². The second-order valence-corrected chi connectivity index (χ2v) is 3.12. The third-order valence-corrected chi connectivity index (χ3v) is 2.01. The lowest BCUT2D eigenvalue weighted by Gasteiger charge is -2.06. The molecule has 0 fully saturated rings. The minimum Gasteiger partial charge on any atom is -0.465 e. The second-order valence-electron chi connectivity index (χ2n) is 2.60. The molecular weight excluding hydrogens is 188 g/mol. The van der Waals surface area contributed by atoms with E-state index in [4.69, 9.17) is 9.15 Å². The van der Waals surface area contributed by atoms with Gasteiger partial charge in [0.25, 0.3) is 0 Å². The zero-order valence-electron chi connectivity index (χ0n) is 7.61. The molecule has 72 valence electrons. The van der Waals surface area contributed by atoms with E-state index >= 15 is 0 Å². The molecule has 0 aromatic carbocycles. The fourth-order valence-corrected chi connectivity index (χ4v) is 1.15. The number of carbonyl (C=O) groups is 1. The summed E-state index contributed by atoms with van der Waals surface area (Å²) in [5.41, 5.74) is 0. The predicted octanol–water partition coefficient (Wildman–Crippen LogP) is 2.12. The van der Waals surface area contributed by atoms with E-state index in [2.05, 4.69) is 12.6 Å². The fraction of sp³-hybridized carbons (Fsp3) is 0.444. The molecule has 4 heteroatoms. The summed E-state index contributed by atoms with van der Waals surface area (Å²) in [7, 11) is 0. The van der Waals surface area contributed by atoms with Crippen molar-refractivity contribution in [3.63, 3.8) is 0 Å². The van der Waals surface area contributed by atoms with Crippen LogP contribution in [0.2, 0.25) is 0 Å². The average Bonchev–Trinajstić information content (AvgIpc) is 2.51. The number of hydrogen-bond acceptors (Lipinski definition) is 4. The monoisotopic (exact) mass is 200 g/mol. The van der Waals surface area contributed by atoms with Gasteiger partial charge in [0.1, 0.15) is 11.5 Å². The standard InChI is InChI=1S/C9H12O3S/c1-3-11-9(10)8(13)7-5-4-6(2)12-7/h4-5,8,13H,3H2,1-2H3. The zero-order chi connectivity index (χ0) is 9.84. The minimum absolute atomic E-state index is 0.357. The summed E-state index contributed by atoms with van der Waals surface area (Å²) in [4.78, 5) is 11.2. The van der Waals surface area contributed by atoms with E-state index in [9.17, 15) is 4.79 Å². The molecule has 13 heavy (non-hydrogen) atoms. The maximum absolute atomic E-state index is 11.2. The van der Waals surface area contributed by atoms with Gasteiger partial charge in [0.05, 0.1) is 6.61 Å². The van der Waals surface area contributed by atoms with Gasteiger partial charge in [-0.3, -0.25) is 4.79 Å². The smallest absolute Gasteiger partial charge is 0.326 e. The lowest BCUT2D eigenvalue weighted by Crippen LogP contribution is -2.10. The molecule has 0 aliphatic rings. The quantitative estimate of drug-likeness (QED) is 0.600. The molecule has 0 saturated heterocycles. The van der Waals surface area contributed by atoms with Crippen LogP contribution in [0.15, 0.2) is 16.5 Å². The van der Waals surface area contributed by atoms with Crippen LogP contribution in [0.4, 0.5) is 0 Å². The minimum atomic E-state index is -0.617. The van der Waals surface area contributed by atoms with Crippen LogP contribution in [-0.2, 0) is 9.53 Å². The van der Waals surface area contributed by atoms with Gasteiger partial charge in [0.15, 0.2) is 5.25 Å². The summed E-state index contributed by atoms with van der Waals surface area (Å²) in [5, 5.41) is -0.617. The number of aryl methyl sites for hydroxylation is 1. The van der Waals surface area contributed by atoms with E-state index in [-0.39, 0.29) is 5.97 Å². The molecule has 1 heterocycles. The number of rotatable bonds is 3. The lowest BCUT2D eigenvalue weighted by atomic mass is 10.3. The third kappa shape index (κ3) is 2.52. The van der Waals surface area contributed by atoms with Gasteiger partial charge in [-0.1, -0.05) is 0 Å². The molecule has 0 amide bonds. The van der Waals surface area contributed by atoms with Crippen molar-refractivity contribution < 1.29 is 13.9 Å². The Morgan fingerprint density at radius 3 is 2.85 bits per heavy atom. The molecule has 3 nitrogen and oxygen atoms in total. The van der Waals surface area contributed by atoms with E-state index in [0.29, 0.717) is 12.4 Å². The first-order valence-electron chi connectivity index (χ1n) is 4.06.